The van der Waals surface area contributed by atoms with Crippen LogP contribution in [0.15, 0.2) is 29.3 Å². The molecule has 0 heterocycles. The summed E-state index contributed by atoms with van der Waals surface area (Å²) in [6.45, 7) is 3.39. The van der Waals surface area contributed by atoms with Gasteiger partial charge in [0.25, 0.3) is 0 Å². The highest BCUT2D eigenvalue weighted by Gasteiger charge is 2.05. The largest absolute Gasteiger partial charge is 0.345 e. The molecular formula is C14H20IN3. The summed E-state index contributed by atoms with van der Waals surface area (Å²) in [6, 6.07) is 8.47. The maximum Gasteiger partial charge on any atom is 0.194 e. The van der Waals surface area contributed by atoms with Crippen molar-refractivity contribution in [3.63, 3.8) is 0 Å². The molecule has 1 aromatic rings. The first-order valence-electron chi connectivity index (χ1n) is 5.58. The zero-order valence-corrected chi connectivity index (χ0v) is 13.4. The van der Waals surface area contributed by atoms with Gasteiger partial charge in [0.15, 0.2) is 5.96 Å². The molecule has 1 aromatic carbocycles. The Hall–Kier alpha value is -1.22. The summed E-state index contributed by atoms with van der Waals surface area (Å²) in [4.78, 5) is 6.22. The van der Waals surface area contributed by atoms with E-state index >= 15 is 0 Å². The van der Waals surface area contributed by atoms with Crippen molar-refractivity contribution in [3.05, 3.63) is 35.4 Å². The highest BCUT2D eigenvalue weighted by molar-refractivity contribution is 14.0. The number of hydrogen-bond acceptors (Lipinski definition) is 1. The van der Waals surface area contributed by atoms with Crippen LogP contribution in [0.2, 0.25) is 0 Å². The van der Waals surface area contributed by atoms with Gasteiger partial charge in [-0.2, -0.15) is 0 Å². The standard InChI is InChI=1S/C14H19N3.HI/c1-5-10-16-14(15-3)17(4)11-13-8-6-12(2)7-9-13;/h1,6-9H,10-11H2,2-4H3,(H,15,16);1H. The van der Waals surface area contributed by atoms with Crippen LogP contribution in [0.5, 0.6) is 0 Å². The number of aliphatic imine (C=N–C) groups is 1. The molecule has 0 aromatic heterocycles. The molecule has 1 rings (SSSR count). The molecule has 0 saturated carbocycles. The predicted molar refractivity (Wildman–Crippen MR) is 88.3 cm³/mol. The van der Waals surface area contributed by atoms with Gasteiger partial charge >= 0.3 is 0 Å². The second kappa shape index (κ2) is 8.81. The molecule has 0 aliphatic heterocycles. The molecule has 0 unspecified atom stereocenters. The van der Waals surface area contributed by atoms with Crippen LogP contribution in [0.1, 0.15) is 11.1 Å². The molecule has 0 radical (unpaired) electrons. The van der Waals surface area contributed by atoms with E-state index in [1.54, 1.807) is 7.05 Å². The van der Waals surface area contributed by atoms with Gasteiger partial charge in [0.05, 0.1) is 6.54 Å². The molecule has 0 saturated heterocycles. The summed E-state index contributed by atoms with van der Waals surface area (Å²) in [5.41, 5.74) is 2.52. The normalized spacial score (nSPS) is 10.2. The van der Waals surface area contributed by atoms with E-state index in [4.69, 9.17) is 6.42 Å². The lowest BCUT2D eigenvalue weighted by atomic mass is 10.1. The van der Waals surface area contributed by atoms with Gasteiger partial charge in [0, 0.05) is 20.6 Å². The number of benzene rings is 1. The average Bonchev–Trinajstić information content (AvgIpc) is 2.33. The molecule has 18 heavy (non-hydrogen) atoms. The maximum atomic E-state index is 5.21. The summed E-state index contributed by atoms with van der Waals surface area (Å²) in [5, 5.41) is 3.09. The number of hydrogen-bond donors (Lipinski definition) is 1. The smallest absolute Gasteiger partial charge is 0.194 e. The molecule has 3 nitrogen and oxygen atoms in total. The number of guanidine groups is 1. The number of halogens is 1. The van der Waals surface area contributed by atoms with Gasteiger partial charge in [-0.15, -0.1) is 30.4 Å². The fourth-order valence-electron chi connectivity index (χ4n) is 1.56. The average molecular weight is 357 g/mol. The number of aryl methyl sites for hydroxylation is 1. The summed E-state index contributed by atoms with van der Waals surface area (Å²) >= 11 is 0. The van der Waals surface area contributed by atoms with E-state index < -0.39 is 0 Å². The minimum Gasteiger partial charge on any atom is -0.345 e. The third-order valence-corrected chi connectivity index (χ3v) is 2.46. The Morgan fingerprint density at radius 2 is 2.00 bits per heavy atom. The van der Waals surface area contributed by atoms with E-state index in [0.29, 0.717) is 6.54 Å². The molecule has 0 bridgehead atoms. The molecular weight excluding hydrogens is 337 g/mol. The van der Waals surface area contributed by atoms with Crippen LogP contribution < -0.4 is 5.32 Å². The number of rotatable bonds is 3. The van der Waals surface area contributed by atoms with Crippen molar-refractivity contribution in [1.82, 2.24) is 10.2 Å². The van der Waals surface area contributed by atoms with E-state index in [2.05, 4.69) is 47.4 Å². The van der Waals surface area contributed by atoms with Crippen LogP contribution in [-0.2, 0) is 6.54 Å². The van der Waals surface area contributed by atoms with Crippen LogP contribution in [0.4, 0.5) is 0 Å². The maximum absolute atomic E-state index is 5.21. The molecule has 0 atom stereocenters. The Morgan fingerprint density at radius 3 is 2.50 bits per heavy atom. The van der Waals surface area contributed by atoms with Crippen LogP contribution in [0.25, 0.3) is 0 Å². The van der Waals surface area contributed by atoms with E-state index in [1.165, 1.54) is 11.1 Å². The monoisotopic (exact) mass is 357 g/mol. The first kappa shape index (κ1) is 16.8. The van der Waals surface area contributed by atoms with E-state index in [1.807, 2.05) is 11.9 Å². The van der Waals surface area contributed by atoms with Crippen molar-refractivity contribution in [3.8, 4) is 12.3 Å². The number of nitrogens with one attached hydrogen (secondary N) is 1. The molecule has 1 N–H and O–H groups in total. The van der Waals surface area contributed by atoms with Crippen molar-refractivity contribution < 1.29 is 0 Å². The fourth-order valence-corrected chi connectivity index (χ4v) is 1.56. The topological polar surface area (TPSA) is 27.6 Å². The molecule has 0 fully saturated rings. The van der Waals surface area contributed by atoms with Crippen LogP contribution in [0.3, 0.4) is 0 Å². The van der Waals surface area contributed by atoms with E-state index in [0.717, 1.165) is 12.5 Å². The van der Waals surface area contributed by atoms with Crippen molar-refractivity contribution in [2.75, 3.05) is 20.6 Å². The SMILES string of the molecule is C#CCNC(=NC)N(C)Cc1ccc(C)cc1.I. The number of nitrogens with zero attached hydrogens (tertiary/aromatic N) is 2. The lowest BCUT2D eigenvalue weighted by molar-refractivity contribution is 0.481. The van der Waals surface area contributed by atoms with Gasteiger partial charge in [0.2, 0.25) is 0 Å². The highest BCUT2D eigenvalue weighted by atomic mass is 127. The Kier molecular flexibility index (Phi) is 8.21. The number of terminal acetylenes is 1. The van der Waals surface area contributed by atoms with Crippen molar-refractivity contribution in [1.29, 1.82) is 0 Å². The van der Waals surface area contributed by atoms with Crippen molar-refractivity contribution >= 4 is 29.9 Å². The van der Waals surface area contributed by atoms with E-state index in [9.17, 15) is 0 Å². The van der Waals surface area contributed by atoms with Gasteiger partial charge in [-0.1, -0.05) is 35.7 Å². The first-order chi connectivity index (χ1) is 8.17. The Labute approximate surface area is 127 Å². The van der Waals surface area contributed by atoms with Crippen LogP contribution in [-0.4, -0.2) is 31.5 Å². The third kappa shape index (κ3) is 5.41. The van der Waals surface area contributed by atoms with Crippen LogP contribution >= 0.6 is 24.0 Å². The molecule has 0 aliphatic carbocycles. The predicted octanol–water partition coefficient (Wildman–Crippen LogP) is 2.25. The lowest BCUT2D eigenvalue weighted by Crippen LogP contribution is -2.38. The molecule has 0 spiro atoms. The second-order valence-corrected chi connectivity index (χ2v) is 3.95. The van der Waals surface area contributed by atoms with Crippen molar-refractivity contribution in [2.24, 2.45) is 4.99 Å². The summed E-state index contributed by atoms with van der Waals surface area (Å²) in [6.07, 6.45) is 5.21. The molecule has 4 heteroatoms. The minimum atomic E-state index is 0. The summed E-state index contributed by atoms with van der Waals surface area (Å²) < 4.78 is 0. The third-order valence-electron chi connectivity index (χ3n) is 2.46. The molecule has 0 aliphatic rings. The quantitative estimate of drug-likeness (QED) is 0.389. The van der Waals surface area contributed by atoms with Crippen LogP contribution in [0, 0.1) is 19.3 Å². The van der Waals surface area contributed by atoms with Gasteiger partial charge in [0.1, 0.15) is 0 Å². The van der Waals surface area contributed by atoms with Gasteiger partial charge in [-0.3, -0.25) is 4.99 Å². The first-order valence-corrected chi connectivity index (χ1v) is 5.58. The Morgan fingerprint density at radius 1 is 1.39 bits per heavy atom. The fraction of sp³-hybridized carbons (Fsp3) is 0.357. The summed E-state index contributed by atoms with van der Waals surface area (Å²) in [5.74, 6) is 3.35. The zero-order valence-electron chi connectivity index (χ0n) is 11.1. The lowest BCUT2D eigenvalue weighted by Gasteiger charge is -2.21. The zero-order chi connectivity index (χ0) is 12.7. The van der Waals surface area contributed by atoms with Gasteiger partial charge < -0.3 is 10.2 Å². The highest BCUT2D eigenvalue weighted by Crippen LogP contribution is 2.05. The van der Waals surface area contributed by atoms with Crippen molar-refractivity contribution in [2.45, 2.75) is 13.5 Å². The van der Waals surface area contributed by atoms with E-state index in [-0.39, 0.29) is 24.0 Å². The minimum absolute atomic E-state index is 0. The Balaban J connectivity index is 0.00000289. The molecule has 0 amide bonds. The molecule has 98 valence electrons. The Bertz CT molecular complexity index is 418. The van der Waals surface area contributed by atoms with Gasteiger partial charge in [-0.25, -0.2) is 0 Å². The van der Waals surface area contributed by atoms with Gasteiger partial charge in [-0.05, 0) is 12.5 Å². The summed E-state index contributed by atoms with van der Waals surface area (Å²) in [7, 11) is 3.75. The second-order valence-electron chi connectivity index (χ2n) is 3.95.